The van der Waals surface area contributed by atoms with Gasteiger partial charge in [0.15, 0.2) is 0 Å². The van der Waals surface area contributed by atoms with Gasteiger partial charge in [0.1, 0.15) is 5.75 Å². The summed E-state index contributed by atoms with van der Waals surface area (Å²) in [5.41, 5.74) is 4.17. The maximum atomic E-state index is 5.94. The van der Waals surface area contributed by atoms with E-state index < -0.39 is 0 Å². The van der Waals surface area contributed by atoms with Crippen LogP contribution in [0, 0.1) is 11.8 Å². The summed E-state index contributed by atoms with van der Waals surface area (Å²) >= 11 is 0. The first kappa shape index (κ1) is 15.3. The fourth-order valence-corrected chi connectivity index (χ4v) is 3.40. The molecule has 0 saturated carbocycles. The van der Waals surface area contributed by atoms with Gasteiger partial charge in [0.25, 0.3) is 0 Å². The van der Waals surface area contributed by atoms with E-state index in [4.69, 9.17) is 15.3 Å². The summed E-state index contributed by atoms with van der Waals surface area (Å²) < 4.78 is 11.4. The number of nitrogens with one attached hydrogen (secondary N) is 1. The molecule has 20 heavy (non-hydrogen) atoms. The van der Waals surface area contributed by atoms with Crippen LogP contribution in [-0.2, 0) is 11.2 Å². The third-order valence-corrected chi connectivity index (χ3v) is 4.63. The molecule has 4 nitrogen and oxygen atoms in total. The average Bonchev–Trinajstić information content (AvgIpc) is 2.70. The van der Waals surface area contributed by atoms with Crippen LogP contribution in [0.15, 0.2) is 24.3 Å². The number of rotatable bonds is 5. The van der Waals surface area contributed by atoms with Crippen LogP contribution >= 0.6 is 0 Å². The summed E-state index contributed by atoms with van der Waals surface area (Å²) in [6, 6.07) is 8.29. The first-order chi connectivity index (χ1) is 9.58. The lowest BCUT2D eigenvalue weighted by atomic mass is 9.81. The van der Waals surface area contributed by atoms with Crippen molar-refractivity contribution in [3.05, 3.63) is 29.8 Å². The summed E-state index contributed by atoms with van der Waals surface area (Å²) in [7, 11) is 1.70. The van der Waals surface area contributed by atoms with E-state index in [9.17, 15) is 0 Å². The zero-order valence-corrected chi connectivity index (χ0v) is 12.8. The van der Waals surface area contributed by atoms with Crippen LogP contribution in [0.1, 0.15) is 26.3 Å². The van der Waals surface area contributed by atoms with Crippen LogP contribution in [0.3, 0.4) is 0 Å². The second-order valence-corrected chi connectivity index (χ2v) is 5.77. The third kappa shape index (κ3) is 2.97. The van der Waals surface area contributed by atoms with E-state index >= 15 is 0 Å². The van der Waals surface area contributed by atoms with Crippen LogP contribution in [0.2, 0.25) is 0 Å². The molecule has 1 aliphatic rings. The highest BCUT2D eigenvalue weighted by Gasteiger charge is 2.41. The third-order valence-electron chi connectivity index (χ3n) is 4.63. The van der Waals surface area contributed by atoms with Crippen molar-refractivity contribution in [3.8, 4) is 5.75 Å². The largest absolute Gasteiger partial charge is 0.496 e. The predicted molar refractivity (Wildman–Crippen MR) is 80.5 cm³/mol. The maximum Gasteiger partial charge on any atom is 0.122 e. The average molecular weight is 278 g/mol. The monoisotopic (exact) mass is 278 g/mol. The molecule has 5 unspecified atom stereocenters. The maximum absolute atomic E-state index is 5.94. The van der Waals surface area contributed by atoms with Gasteiger partial charge in [-0.1, -0.05) is 25.1 Å². The van der Waals surface area contributed by atoms with Gasteiger partial charge in [-0.2, -0.15) is 0 Å². The fraction of sp³-hybridized carbons (Fsp3) is 0.625. The second-order valence-electron chi connectivity index (χ2n) is 5.77. The molecular weight excluding hydrogens is 252 g/mol. The Balaban J connectivity index is 2.17. The Morgan fingerprint density at radius 1 is 1.25 bits per heavy atom. The molecule has 0 aliphatic carbocycles. The number of nitrogens with two attached hydrogens (primary N) is 1. The smallest absolute Gasteiger partial charge is 0.122 e. The Bertz CT molecular complexity index is 438. The zero-order chi connectivity index (χ0) is 14.7. The lowest BCUT2D eigenvalue weighted by Gasteiger charge is -2.29. The zero-order valence-electron chi connectivity index (χ0n) is 12.8. The van der Waals surface area contributed by atoms with E-state index in [0.29, 0.717) is 11.8 Å². The van der Waals surface area contributed by atoms with Crippen molar-refractivity contribution in [1.29, 1.82) is 0 Å². The van der Waals surface area contributed by atoms with Crippen molar-refractivity contribution in [2.24, 2.45) is 17.7 Å². The highest BCUT2D eigenvalue weighted by Crippen LogP contribution is 2.36. The molecule has 1 heterocycles. The van der Waals surface area contributed by atoms with Crippen LogP contribution in [0.4, 0.5) is 0 Å². The molecule has 1 saturated heterocycles. The second kappa shape index (κ2) is 6.57. The first-order valence-electron chi connectivity index (χ1n) is 7.32. The molecule has 0 amide bonds. The van der Waals surface area contributed by atoms with E-state index in [0.717, 1.165) is 12.2 Å². The van der Waals surface area contributed by atoms with E-state index in [1.54, 1.807) is 7.11 Å². The SMILES string of the molecule is COc1ccccc1CC(NN)C1C(C)OC(C)C1C. The summed E-state index contributed by atoms with van der Waals surface area (Å²) in [5, 5.41) is 0. The number of hydrogen-bond acceptors (Lipinski definition) is 4. The number of benzene rings is 1. The molecule has 5 atom stereocenters. The standard InChI is InChI=1S/C16H26N2O2/c1-10-11(2)20-12(3)16(10)14(18-17)9-13-7-5-6-8-15(13)19-4/h5-8,10-12,14,16,18H,9,17H2,1-4H3. The molecule has 0 spiro atoms. The number of hydrogen-bond donors (Lipinski definition) is 2. The summed E-state index contributed by atoms with van der Waals surface area (Å²) in [4.78, 5) is 0. The topological polar surface area (TPSA) is 56.5 Å². The van der Waals surface area contributed by atoms with Gasteiger partial charge >= 0.3 is 0 Å². The van der Waals surface area contributed by atoms with Gasteiger partial charge in [0.2, 0.25) is 0 Å². The number of para-hydroxylation sites is 1. The van der Waals surface area contributed by atoms with Crippen molar-refractivity contribution < 1.29 is 9.47 Å². The molecular formula is C16H26N2O2. The summed E-state index contributed by atoms with van der Waals surface area (Å²) in [5.74, 6) is 7.62. The number of methoxy groups -OCH3 is 1. The Morgan fingerprint density at radius 2 is 1.95 bits per heavy atom. The molecule has 0 bridgehead atoms. The summed E-state index contributed by atoms with van der Waals surface area (Å²) in [6.07, 6.45) is 1.34. The molecule has 0 aromatic heterocycles. The fourth-order valence-electron chi connectivity index (χ4n) is 3.40. The highest BCUT2D eigenvalue weighted by atomic mass is 16.5. The quantitative estimate of drug-likeness (QED) is 0.640. The van der Waals surface area contributed by atoms with Crippen LogP contribution in [0.5, 0.6) is 5.75 Å². The first-order valence-corrected chi connectivity index (χ1v) is 7.32. The van der Waals surface area contributed by atoms with Gasteiger partial charge in [0, 0.05) is 12.0 Å². The van der Waals surface area contributed by atoms with Crippen molar-refractivity contribution in [3.63, 3.8) is 0 Å². The van der Waals surface area contributed by atoms with Crippen LogP contribution in [-0.4, -0.2) is 25.4 Å². The van der Waals surface area contributed by atoms with Crippen LogP contribution < -0.4 is 16.0 Å². The Labute approximate surface area is 121 Å². The molecule has 1 aromatic rings. The Kier molecular flexibility index (Phi) is 5.02. The molecule has 1 aliphatic heterocycles. The lowest BCUT2D eigenvalue weighted by Crippen LogP contribution is -2.46. The van der Waals surface area contributed by atoms with Gasteiger partial charge in [0.05, 0.1) is 19.3 Å². The van der Waals surface area contributed by atoms with Gasteiger partial charge in [-0.05, 0) is 37.8 Å². The minimum Gasteiger partial charge on any atom is -0.496 e. The van der Waals surface area contributed by atoms with E-state index in [-0.39, 0.29) is 18.2 Å². The van der Waals surface area contributed by atoms with Crippen molar-refractivity contribution in [2.75, 3.05) is 7.11 Å². The summed E-state index contributed by atoms with van der Waals surface area (Å²) in [6.45, 7) is 6.51. The van der Waals surface area contributed by atoms with E-state index in [1.165, 1.54) is 5.56 Å². The van der Waals surface area contributed by atoms with Gasteiger partial charge in [-0.15, -0.1) is 0 Å². The number of ether oxygens (including phenoxy) is 2. The molecule has 1 fully saturated rings. The van der Waals surface area contributed by atoms with Crippen LogP contribution in [0.25, 0.3) is 0 Å². The highest BCUT2D eigenvalue weighted by molar-refractivity contribution is 5.34. The lowest BCUT2D eigenvalue weighted by molar-refractivity contribution is 0.0475. The predicted octanol–water partition coefficient (Wildman–Crippen LogP) is 2.13. The van der Waals surface area contributed by atoms with E-state index in [1.807, 2.05) is 18.2 Å². The molecule has 3 N–H and O–H groups in total. The Morgan fingerprint density at radius 3 is 2.50 bits per heavy atom. The molecule has 0 radical (unpaired) electrons. The molecule has 1 aromatic carbocycles. The normalized spacial score (nSPS) is 31.2. The van der Waals surface area contributed by atoms with Gasteiger partial charge in [-0.25, -0.2) is 0 Å². The molecule has 112 valence electrons. The van der Waals surface area contributed by atoms with Gasteiger partial charge < -0.3 is 9.47 Å². The van der Waals surface area contributed by atoms with Gasteiger partial charge in [-0.3, -0.25) is 11.3 Å². The Hall–Kier alpha value is -1.10. The number of hydrazine groups is 1. The molecule has 2 rings (SSSR count). The van der Waals surface area contributed by atoms with Crippen molar-refractivity contribution in [1.82, 2.24) is 5.43 Å². The minimum atomic E-state index is 0.182. The van der Waals surface area contributed by atoms with Crippen molar-refractivity contribution in [2.45, 2.75) is 45.4 Å². The van der Waals surface area contributed by atoms with Crippen molar-refractivity contribution >= 4 is 0 Å². The molecule has 4 heteroatoms. The van der Waals surface area contributed by atoms with E-state index in [2.05, 4.69) is 32.3 Å². The minimum absolute atomic E-state index is 0.182.